The van der Waals surface area contributed by atoms with Gasteiger partial charge in [0.2, 0.25) is 0 Å². The van der Waals surface area contributed by atoms with Gasteiger partial charge < -0.3 is 8.83 Å². The van der Waals surface area contributed by atoms with Crippen molar-refractivity contribution < 1.29 is 8.83 Å². The number of fused-ring (bicyclic) bond motifs is 6. The molecule has 2 aromatic heterocycles. The molecule has 28 heavy (non-hydrogen) atoms. The van der Waals surface area contributed by atoms with E-state index in [1.165, 1.54) is 38.2 Å². The largest absolute Gasteiger partial charge is 0.456 e. The number of aryl methyl sites for hydroxylation is 1. The van der Waals surface area contributed by atoms with Crippen LogP contribution in [0.2, 0.25) is 0 Å². The topological polar surface area (TPSA) is 26.3 Å². The zero-order valence-electron chi connectivity index (χ0n) is 15.5. The first-order valence-corrected chi connectivity index (χ1v) is 9.57. The second-order valence-electron chi connectivity index (χ2n) is 7.49. The van der Waals surface area contributed by atoms with Gasteiger partial charge in [-0.2, -0.15) is 0 Å². The molecule has 0 amide bonds. The maximum atomic E-state index is 6.16. The average Bonchev–Trinajstić information content (AvgIpc) is 3.27. The van der Waals surface area contributed by atoms with E-state index in [0.29, 0.717) is 0 Å². The van der Waals surface area contributed by atoms with Crippen molar-refractivity contribution in [1.82, 2.24) is 0 Å². The van der Waals surface area contributed by atoms with Gasteiger partial charge in [0, 0.05) is 21.5 Å². The van der Waals surface area contributed by atoms with Crippen molar-refractivity contribution >= 4 is 43.9 Å². The Labute approximate surface area is 162 Å². The fourth-order valence-corrected chi connectivity index (χ4v) is 4.21. The minimum Gasteiger partial charge on any atom is -0.456 e. The lowest BCUT2D eigenvalue weighted by atomic mass is 10.0. The summed E-state index contributed by atoms with van der Waals surface area (Å²) >= 11 is 0. The lowest BCUT2D eigenvalue weighted by molar-refractivity contribution is 0.665. The second-order valence-corrected chi connectivity index (χ2v) is 7.49. The molecule has 2 heteroatoms. The Kier molecular flexibility index (Phi) is 3.18. The van der Waals surface area contributed by atoms with Crippen LogP contribution in [-0.2, 0) is 6.42 Å². The lowest BCUT2D eigenvalue weighted by Gasteiger charge is -2.02. The van der Waals surface area contributed by atoms with Crippen LogP contribution in [0.4, 0.5) is 0 Å². The van der Waals surface area contributed by atoms with Crippen LogP contribution in [0.5, 0.6) is 0 Å². The predicted molar refractivity (Wildman–Crippen MR) is 115 cm³/mol. The molecular weight excluding hydrogens is 344 g/mol. The summed E-state index contributed by atoms with van der Waals surface area (Å²) < 4.78 is 12.1. The molecule has 0 fully saturated rings. The number of benzene rings is 4. The number of para-hydroxylation sites is 2. The van der Waals surface area contributed by atoms with Crippen LogP contribution in [0.3, 0.4) is 0 Å². The fraction of sp³-hybridized carbons (Fsp3) is 0.0769. The summed E-state index contributed by atoms with van der Waals surface area (Å²) in [5.41, 5.74) is 7.51. The minimum absolute atomic E-state index is 0.863. The highest BCUT2D eigenvalue weighted by atomic mass is 16.3. The summed E-state index contributed by atoms with van der Waals surface area (Å²) in [6.45, 7) is 2.09. The Hall–Kier alpha value is -3.52. The van der Waals surface area contributed by atoms with E-state index in [4.69, 9.17) is 8.83 Å². The van der Waals surface area contributed by atoms with Crippen molar-refractivity contribution in [3.8, 4) is 0 Å². The number of furan rings is 2. The van der Waals surface area contributed by atoms with Gasteiger partial charge in [0.05, 0.1) is 0 Å². The smallest absolute Gasteiger partial charge is 0.138 e. The first-order valence-electron chi connectivity index (χ1n) is 9.57. The molecule has 0 atom stereocenters. The fourth-order valence-electron chi connectivity index (χ4n) is 4.21. The van der Waals surface area contributed by atoms with E-state index in [1.54, 1.807) is 0 Å². The molecule has 4 aromatic carbocycles. The molecule has 0 unspecified atom stereocenters. The molecular formula is C26H18O2. The van der Waals surface area contributed by atoms with E-state index >= 15 is 0 Å². The molecule has 0 aliphatic rings. The molecule has 2 heterocycles. The summed E-state index contributed by atoms with van der Waals surface area (Å²) in [6, 6.07) is 27.6. The third-order valence-electron chi connectivity index (χ3n) is 5.61. The van der Waals surface area contributed by atoms with Crippen molar-refractivity contribution in [3.63, 3.8) is 0 Å². The Balaban J connectivity index is 1.44. The van der Waals surface area contributed by atoms with Crippen molar-refractivity contribution in [2.75, 3.05) is 0 Å². The van der Waals surface area contributed by atoms with Crippen molar-refractivity contribution in [2.24, 2.45) is 0 Å². The highest BCUT2D eigenvalue weighted by molar-refractivity contribution is 6.06. The quantitative estimate of drug-likeness (QED) is 0.321. The third kappa shape index (κ3) is 2.28. The van der Waals surface area contributed by atoms with Crippen LogP contribution >= 0.6 is 0 Å². The van der Waals surface area contributed by atoms with E-state index in [9.17, 15) is 0 Å². The predicted octanol–water partition coefficient (Wildman–Crippen LogP) is 7.38. The van der Waals surface area contributed by atoms with Crippen LogP contribution in [0, 0.1) is 6.92 Å². The first kappa shape index (κ1) is 15.5. The van der Waals surface area contributed by atoms with Gasteiger partial charge in [-0.05, 0) is 54.3 Å². The SMILES string of the molecule is Cc1cccc2c1oc1cc(Cc3ccc4oc5ccccc5c4c3)ccc12. The summed E-state index contributed by atoms with van der Waals surface area (Å²) in [4.78, 5) is 0. The maximum Gasteiger partial charge on any atom is 0.138 e. The zero-order chi connectivity index (χ0) is 18.7. The van der Waals surface area contributed by atoms with E-state index in [0.717, 1.165) is 28.8 Å². The van der Waals surface area contributed by atoms with Crippen LogP contribution in [-0.4, -0.2) is 0 Å². The van der Waals surface area contributed by atoms with Crippen LogP contribution < -0.4 is 0 Å². The highest BCUT2D eigenvalue weighted by Crippen LogP contribution is 2.33. The van der Waals surface area contributed by atoms with Gasteiger partial charge >= 0.3 is 0 Å². The van der Waals surface area contributed by atoms with E-state index in [1.807, 2.05) is 12.1 Å². The lowest BCUT2D eigenvalue weighted by Crippen LogP contribution is -1.87. The summed E-state index contributed by atoms with van der Waals surface area (Å²) in [5, 5.41) is 4.71. The van der Waals surface area contributed by atoms with E-state index < -0.39 is 0 Å². The summed E-state index contributed by atoms with van der Waals surface area (Å²) in [7, 11) is 0. The molecule has 6 aromatic rings. The number of hydrogen-bond acceptors (Lipinski definition) is 2. The Bertz CT molecular complexity index is 1500. The Morgan fingerprint density at radius 2 is 1.32 bits per heavy atom. The molecule has 0 aliphatic heterocycles. The van der Waals surface area contributed by atoms with Gasteiger partial charge in [-0.1, -0.05) is 54.6 Å². The number of rotatable bonds is 2. The second kappa shape index (κ2) is 5.74. The van der Waals surface area contributed by atoms with Gasteiger partial charge in [-0.25, -0.2) is 0 Å². The highest BCUT2D eigenvalue weighted by Gasteiger charge is 2.11. The van der Waals surface area contributed by atoms with Gasteiger partial charge in [0.15, 0.2) is 0 Å². The maximum absolute atomic E-state index is 6.16. The molecule has 0 bridgehead atoms. The molecule has 134 valence electrons. The van der Waals surface area contributed by atoms with E-state index in [2.05, 4.69) is 73.7 Å². The first-order chi connectivity index (χ1) is 13.8. The minimum atomic E-state index is 0.863. The number of hydrogen-bond donors (Lipinski definition) is 0. The van der Waals surface area contributed by atoms with Crippen LogP contribution in [0.25, 0.3) is 43.9 Å². The van der Waals surface area contributed by atoms with Gasteiger partial charge in [0.1, 0.15) is 22.3 Å². The molecule has 0 N–H and O–H groups in total. The van der Waals surface area contributed by atoms with Gasteiger partial charge in [-0.15, -0.1) is 0 Å². The summed E-state index contributed by atoms with van der Waals surface area (Å²) in [5.74, 6) is 0. The van der Waals surface area contributed by atoms with Crippen LogP contribution in [0.15, 0.2) is 87.7 Å². The van der Waals surface area contributed by atoms with Crippen molar-refractivity contribution in [3.05, 3.63) is 95.6 Å². The molecule has 0 radical (unpaired) electrons. The zero-order valence-corrected chi connectivity index (χ0v) is 15.5. The monoisotopic (exact) mass is 362 g/mol. The normalized spacial score (nSPS) is 11.9. The molecule has 0 spiro atoms. The average molecular weight is 362 g/mol. The third-order valence-corrected chi connectivity index (χ3v) is 5.61. The van der Waals surface area contributed by atoms with Crippen molar-refractivity contribution in [1.29, 1.82) is 0 Å². The van der Waals surface area contributed by atoms with Gasteiger partial charge in [0.25, 0.3) is 0 Å². The van der Waals surface area contributed by atoms with E-state index in [-0.39, 0.29) is 0 Å². The molecule has 0 saturated heterocycles. The van der Waals surface area contributed by atoms with Crippen molar-refractivity contribution in [2.45, 2.75) is 13.3 Å². The Morgan fingerprint density at radius 1 is 0.571 bits per heavy atom. The van der Waals surface area contributed by atoms with Crippen LogP contribution in [0.1, 0.15) is 16.7 Å². The molecule has 0 saturated carbocycles. The summed E-state index contributed by atoms with van der Waals surface area (Å²) in [6.07, 6.45) is 0.863. The van der Waals surface area contributed by atoms with Gasteiger partial charge in [-0.3, -0.25) is 0 Å². The molecule has 6 rings (SSSR count). The Morgan fingerprint density at radius 3 is 2.29 bits per heavy atom. The standard InChI is InChI=1S/C26H18O2/c1-16-5-4-7-21-20-11-9-18(15-25(20)28-26(16)21)13-17-10-12-24-22(14-17)19-6-2-3-8-23(19)27-24/h2-12,14-15H,13H2,1H3. The molecule has 2 nitrogen and oxygen atoms in total. The molecule has 0 aliphatic carbocycles.